The lowest BCUT2D eigenvalue weighted by molar-refractivity contribution is 0.481. The molecular weight excluding hydrogens is 344 g/mol. The van der Waals surface area contributed by atoms with Crippen molar-refractivity contribution in [2.45, 2.75) is 12.8 Å². The molecule has 3 aromatic carbocycles. The van der Waals surface area contributed by atoms with Crippen molar-refractivity contribution in [2.75, 3.05) is 0 Å². The molecule has 0 aliphatic carbocycles. The van der Waals surface area contributed by atoms with Gasteiger partial charge in [0.15, 0.2) is 0 Å². The topological polar surface area (TPSA) is 37.9 Å². The van der Waals surface area contributed by atoms with Crippen molar-refractivity contribution in [3.05, 3.63) is 102 Å². The molecule has 3 nitrogen and oxygen atoms in total. The van der Waals surface area contributed by atoms with Gasteiger partial charge in [0.25, 0.3) is 0 Å². The molecule has 0 aliphatic heterocycles. The molecule has 0 radical (unpaired) electrons. The van der Waals surface area contributed by atoms with Crippen LogP contribution in [0.15, 0.2) is 91.1 Å². The Morgan fingerprint density at radius 3 is 2.43 bits per heavy atom. The third-order valence-corrected chi connectivity index (χ3v) is 5.19. The van der Waals surface area contributed by atoms with Crippen LogP contribution >= 0.6 is 0 Å². The number of rotatable bonds is 4. The van der Waals surface area contributed by atoms with Gasteiger partial charge < -0.3 is 9.72 Å². The second-order valence-corrected chi connectivity index (χ2v) is 7.03. The highest BCUT2D eigenvalue weighted by Crippen LogP contribution is 2.31. The number of benzene rings is 3. The first-order chi connectivity index (χ1) is 13.8. The number of pyridine rings is 1. The van der Waals surface area contributed by atoms with Gasteiger partial charge in [0.05, 0.1) is 11.7 Å². The molecule has 1 unspecified atom stereocenters. The van der Waals surface area contributed by atoms with E-state index in [-0.39, 0.29) is 5.92 Å². The highest BCUT2D eigenvalue weighted by Gasteiger charge is 2.13. The fourth-order valence-corrected chi connectivity index (χ4v) is 3.65. The molecule has 3 heteroatoms. The van der Waals surface area contributed by atoms with E-state index >= 15 is 0 Å². The maximum atomic E-state index is 6.00. The van der Waals surface area contributed by atoms with Gasteiger partial charge in [-0.1, -0.05) is 55.5 Å². The molecule has 28 heavy (non-hydrogen) atoms. The molecule has 136 valence electrons. The Morgan fingerprint density at radius 1 is 0.750 bits per heavy atom. The van der Waals surface area contributed by atoms with E-state index in [2.05, 4.69) is 48.3 Å². The molecule has 0 amide bonds. The largest absolute Gasteiger partial charge is 0.457 e. The second-order valence-electron chi connectivity index (χ2n) is 7.03. The minimum atomic E-state index is 0.164. The number of aromatic amines is 1. The maximum absolute atomic E-state index is 6.00. The number of nitrogens with one attached hydrogen (secondary N) is 1. The van der Waals surface area contributed by atoms with E-state index in [1.54, 1.807) is 0 Å². The Labute approximate surface area is 163 Å². The Balaban J connectivity index is 1.50. The molecule has 0 saturated carbocycles. The van der Waals surface area contributed by atoms with Crippen LogP contribution in [0, 0.1) is 0 Å². The average Bonchev–Trinajstić information content (AvgIpc) is 3.12. The summed E-state index contributed by atoms with van der Waals surface area (Å²) >= 11 is 0. The lowest BCUT2D eigenvalue weighted by Gasteiger charge is -2.13. The second kappa shape index (κ2) is 6.86. The van der Waals surface area contributed by atoms with Crippen molar-refractivity contribution in [1.29, 1.82) is 0 Å². The SMILES string of the molecule is CC(c1cccc(Oc2ccccc2)c1)c1cc2c(cn1)[nH]c1ccccc12. The van der Waals surface area contributed by atoms with Gasteiger partial charge in [0.2, 0.25) is 0 Å². The molecule has 5 rings (SSSR count). The van der Waals surface area contributed by atoms with Crippen LogP contribution in [-0.2, 0) is 0 Å². The predicted octanol–water partition coefficient (Wildman–Crippen LogP) is 6.66. The quantitative estimate of drug-likeness (QED) is 0.387. The summed E-state index contributed by atoms with van der Waals surface area (Å²) in [7, 11) is 0. The number of nitrogens with zero attached hydrogens (tertiary/aromatic N) is 1. The van der Waals surface area contributed by atoms with Crippen LogP contribution in [0.1, 0.15) is 24.1 Å². The Bertz CT molecular complexity index is 1260. The van der Waals surface area contributed by atoms with Gasteiger partial charge in [-0.05, 0) is 42.0 Å². The summed E-state index contributed by atoms with van der Waals surface area (Å²) in [5, 5.41) is 2.44. The van der Waals surface area contributed by atoms with Crippen molar-refractivity contribution >= 4 is 21.8 Å². The summed E-state index contributed by atoms with van der Waals surface area (Å²) in [6, 6.07) is 28.7. The molecule has 2 heterocycles. The zero-order valence-corrected chi connectivity index (χ0v) is 15.6. The third-order valence-electron chi connectivity index (χ3n) is 5.19. The maximum Gasteiger partial charge on any atom is 0.127 e. The van der Waals surface area contributed by atoms with Crippen LogP contribution < -0.4 is 4.74 Å². The van der Waals surface area contributed by atoms with Crippen LogP contribution in [0.4, 0.5) is 0 Å². The molecule has 5 aromatic rings. The number of H-pyrrole nitrogens is 1. The molecule has 0 spiro atoms. The van der Waals surface area contributed by atoms with Gasteiger partial charge in [-0.3, -0.25) is 4.98 Å². The van der Waals surface area contributed by atoms with Crippen molar-refractivity contribution in [2.24, 2.45) is 0 Å². The van der Waals surface area contributed by atoms with Gasteiger partial charge in [0, 0.05) is 27.9 Å². The van der Waals surface area contributed by atoms with E-state index < -0.39 is 0 Å². The molecule has 0 bridgehead atoms. The minimum absolute atomic E-state index is 0.164. The van der Waals surface area contributed by atoms with E-state index in [4.69, 9.17) is 9.72 Å². The molecule has 1 N–H and O–H groups in total. The summed E-state index contributed by atoms with van der Waals surface area (Å²) in [5.74, 6) is 1.84. The molecule has 2 aromatic heterocycles. The molecular formula is C25H20N2O. The summed E-state index contributed by atoms with van der Waals surface area (Å²) in [6.07, 6.45) is 1.94. The highest BCUT2D eigenvalue weighted by molar-refractivity contribution is 6.06. The van der Waals surface area contributed by atoms with Crippen LogP contribution in [0.2, 0.25) is 0 Å². The highest BCUT2D eigenvalue weighted by atomic mass is 16.5. The van der Waals surface area contributed by atoms with Crippen molar-refractivity contribution in [3.8, 4) is 11.5 Å². The Hall–Kier alpha value is -3.59. The van der Waals surface area contributed by atoms with Gasteiger partial charge >= 0.3 is 0 Å². The minimum Gasteiger partial charge on any atom is -0.457 e. The number of hydrogen-bond donors (Lipinski definition) is 1. The first-order valence-corrected chi connectivity index (χ1v) is 9.47. The zero-order valence-electron chi connectivity index (χ0n) is 15.6. The molecule has 0 aliphatic rings. The van der Waals surface area contributed by atoms with E-state index in [1.165, 1.54) is 16.3 Å². The van der Waals surface area contributed by atoms with Crippen LogP contribution in [0.25, 0.3) is 21.8 Å². The first kappa shape index (κ1) is 16.6. The molecule has 0 saturated heterocycles. The first-order valence-electron chi connectivity index (χ1n) is 9.47. The van der Waals surface area contributed by atoms with Gasteiger partial charge in [-0.2, -0.15) is 0 Å². The monoisotopic (exact) mass is 364 g/mol. The lowest BCUT2D eigenvalue weighted by atomic mass is 9.96. The summed E-state index contributed by atoms with van der Waals surface area (Å²) in [6.45, 7) is 2.19. The molecule has 0 fully saturated rings. The van der Waals surface area contributed by atoms with Crippen molar-refractivity contribution in [3.63, 3.8) is 0 Å². The number of aromatic nitrogens is 2. The zero-order chi connectivity index (χ0) is 18.9. The van der Waals surface area contributed by atoms with E-state index in [1.807, 2.05) is 54.7 Å². The smallest absolute Gasteiger partial charge is 0.127 e. The normalized spacial score (nSPS) is 12.3. The Morgan fingerprint density at radius 2 is 1.54 bits per heavy atom. The van der Waals surface area contributed by atoms with E-state index in [0.717, 1.165) is 28.2 Å². The van der Waals surface area contributed by atoms with Gasteiger partial charge in [-0.25, -0.2) is 0 Å². The summed E-state index contributed by atoms with van der Waals surface area (Å²) in [5.41, 5.74) is 4.44. The number of hydrogen-bond acceptors (Lipinski definition) is 2. The molecule has 1 atom stereocenters. The van der Waals surface area contributed by atoms with E-state index in [0.29, 0.717) is 0 Å². The van der Waals surface area contributed by atoms with Crippen LogP contribution in [0.3, 0.4) is 0 Å². The standard InChI is InChI=1S/C25H20N2O/c1-17(18-8-7-11-20(14-18)28-19-9-3-2-4-10-19)24-15-22-21-12-5-6-13-23(21)27-25(22)16-26-24/h2-17,27H,1H3. The van der Waals surface area contributed by atoms with E-state index in [9.17, 15) is 0 Å². The number of fused-ring (bicyclic) bond motifs is 3. The fourth-order valence-electron chi connectivity index (χ4n) is 3.65. The average molecular weight is 364 g/mol. The Kier molecular flexibility index (Phi) is 4.06. The summed E-state index contributed by atoms with van der Waals surface area (Å²) < 4.78 is 6.00. The van der Waals surface area contributed by atoms with Crippen molar-refractivity contribution in [1.82, 2.24) is 9.97 Å². The lowest BCUT2D eigenvalue weighted by Crippen LogP contribution is -1.99. The van der Waals surface area contributed by atoms with Gasteiger partial charge in [0.1, 0.15) is 11.5 Å². The van der Waals surface area contributed by atoms with Crippen molar-refractivity contribution < 1.29 is 4.74 Å². The fraction of sp³-hybridized carbons (Fsp3) is 0.0800. The number of ether oxygens (including phenoxy) is 1. The van der Waals surface area contributed by atoms with Crippen LogP contribution in [-0.4, -0.2) is 9.97 Å². The number of para-hydroxylation sites is 2. The van der Waals surface area contributed by atoms with Gasteiger partial charge in [-0.15, -0.1) is 0 Å². The predicted molar refractivity (Wildman–Crippen MR) is 114 cm³/mol. The van der Waals surface area contributed by atoms with Crippen LogP contribution in [0.5, 0.6) is 11.5 Å². The third kappa shape index (κ3) is 3.01. The summed E-state index contributed by atoms with van der Waals surface area (Å²) in [4.78, 5) is 8.16.